The lowest BCUT2D eigenvalue weighted by atomic mass is 9.90. The molecule has 4 aromatic rings. The lowest BCUT2D eigenvalue weighted by Gasteiger charge is -2.38. The van der Waals surface area contributed by atoms with Crippen LogP contribution in [0.2, 0.25) is 0 Å². The number of nitrogens with two attached hydrogens (primary N) is 1. The summed E-state index contributed by atoms with van der Waals surface area (Å²) in [4.78, 5) is 40.6. The molecule has 292 valence electrons. The Balaban J connectivity index is 0.000000208. The van der Waals surface area contributed by atoms with Crippen molar-refractivity contribution in [2.75, 3.05) is 40.4 Å². The quantitative estimate of drug-likeness (QED) is 0.150. The maximum atomic E-state index is 12.6. The van der Waals surface area contributed by atoms with Crippen molar-refractivity contribution < 1.29 is 19.1 Å². The molecule has 10 nitrogen and oxygen atoms in total. The lowest BCUT2D eigenvalue weighted by molar-refractivity contribution is 0.0672. The topological polar surface area (TPSA) is 114 Å². The Kier molecular flexibility index (Phi) is 14.7. The maximum absolute atomic E-state index is 12.6. The molecule has 0 saturated carbocycles. The number of likely N-dealkylation sites (tertiary alicyclic amines) is 2. The minimum absolute atomic E-state index is 0.0338. The van der Waals surface area contributed by atoms with Crippen LogP contribution in [-0.2, 0) is 22.3 Å². The Hall–Kier alpha value is -3.84. The van der Waals surface area contributed by atoms with Crippen molar-refractivity contribution in [1.29, 1.82) is 0 Å². The largest absolute Gasteiger partial charge is 0.445 e. The summed E-state index contributed by atoms with van der Waals surface area (Å²) in [6.45, 7) is 17.7. The second kappa shape index (κ2) is 19.2. The average Bonchev–Trinajstić information content (AvgIpc) is 3.74. The highest BCUT2D eigenvalue weighted by Crippen LogP contribution is 2.37. The van der Waals surface area contributed by atoms with Crippen LogP contribution in [0.1, 0.15) is 86.6 Å². The van der Waals surface area contributed by atoms with E-state index in [4.69, 9.17) is 25.2 Å². The fourth-order valence-corrected chi connectivity index (χ4v) is 9.27. The molecule has 2 amide bonds. The van der Waals surface area contributed by atoms with Crippen LogP contribution in [0.15, 0.2) is 61.7 Å². The first-order chi connectivity index (χ1) is 25.9. The van der Waals surface area contributed by atoms with Crippen LogP contribution in [0.3, 0.4) is 0 Å². The number of hydrogen-bond acceptors (Lipinski definition) is 10. The smallest absolute Gasteiger partial charge is 0.410 e. The van der Waals surface area contributed by atoms with E-state index in [2.05, 4.69) is 89.3 Å². The van der Waals surface area contributed by atoms with Crippen molar-refractivity contribution in [1.82, 2.24) is 24.7 Å². The van der Waals surface area contributed by atoms with Crippen molar-refractivity contribution in [3.05, 3.63) is 82.9 Å². The van der Waals surface area contributed by atoms with Gasteiger partial charge in [0.25, 0.3) is 0 Å². The van der Waals surface area contributed by atoms with Gasteiger partial charge in [0.15, 0.2) is 0 Å². The second-order valence-corrected chi connectivity index (χ2v) is 17.5. The predicted molar refractivity (Wildman–Crippen MR) is 222 cm³/mol. The molecule has 4 heterocycles. The molecule has 0 bridgehead atoms. The Labute approximate surface area is 329 Å². The third-order valence-corrected chi connectivity index (χ3v) is 12.4. The number of carbonyl (C=O) groups is 2. The highest BCUT2D eigenvalue weighted by Gasteiger charge is 2.33. The Morgan fingerprint density at radius 1 is 0.815 bits per heavy atom. The van der Waals surface area contributed by atoms with Crippen LogP contribution < -0.4 is 5.73 Å². The minimum atomic E-state index is -0.266. The number of rotatable bonds is 11. The highest BCUT2D eigenvalue weighted by atomic mass is 32.1. The molecule has 0 aliphatic carbocycles. The fourth-order valence-electron chi connectivity index (χ4n) is 7.11. The van der Waals surface area contributed by atoms with Gasteiger partial charge in [0.2, 0.25) is 0 Å². The van der Waals surface area contributed by atoms with Crippen LogP contribution in [0.5, 0.6) is 0 Å². The van der Waals surface area contributed by atoms with Crippen molar-refractivity contribution in [3.63, 3.8) is 0 Å². The molecule has 2 N–H and O–H groups in total. The van der Waals surface area contributed by atoms with Crippen LogP contribution in [0, 0.1) is 11.8 Å². The molecular formula is C42H58N6O4S2. The van der Waals surface area contributed by atoms with E-state index in [-0.39, 0.29) is 43.5 Å². The summed E-state index contributed by atoms with van der Waals surface area (Å²) < 4.78 is 13.0. The van der Waals surface area contributed by atoms with Crippen molar-refractivity contribution in [2.24, 2.45) is 17.6 Å². The summed E-state index contributed by atoms with van der Waals surface area (Å²) in [5, 5.41) is 2.22. The van der Waals surface area contributed by atoms with E-state index in [1.165, 1.54) is 4.70 Å². The van der Waals surface area contributed by atoms with Crippen molar-refractivity contribution in [3.8, 4) is 0 Å². The van der Waals surface area contributed by atoms with Crippen molar-refractivity contribution in [2.45, 2.75) is 90.4 Å². The van der Waals surface area contributed by atoms with Gasteiger partial charge in [0.1, 0.15) is 13.2 Å². The van der Waals surface area contributed by atoms with Gasteiger partial charge in [-0.1, -0.05) is 51.3 Å². The SMILES string of the molecule is C=CCOC(=O)N1C[C@@H](C)CC[C@@H]1c1ccc2sc(C[C@H](C)N(C)C)nc2c1.C=CCOC(=O)N1C[C@@H](C)CC[C@@H]1c1ccc2sc(C[C@H](C)N)nc2c1. The molecule has 0 unspecified atom stereocenters. The third kappa shape index (κ3) is 10.7. The number of piperidine rings is 2. The molecule has 0 radical (unpaired) electrons. The Bertz CT molecular complexity index is 1890. The monoisotopic (exact) mass is 774 g/mol. The van der Waals surface area contributed by atoms with Gasteiger partial charge in [-0.05, 0) is 101 Å². The highest BCUT2D eigenvalue weighted by molar-refractivity contribution is 7.18. The molecule has 2 aromatic heterocycles. The van der Waals surface area contributed by atoms with Crippen LogP contribution in [-0.4, -0.2) is 89.3 Å². The van der Waals surface area contributed by atoms with E-state index in [0.29, 0.717) is 24.4 Å². The number of benzene rings is 2. The number of nitrogens with zero attached hydrogens (tertiary/aromatic N) is 5. The average molecular weight is 775 g/mol. The van der Waals surface area contributed by atoms with Gasteiger partial charge in [-0.2, -0.15) is 0 Å². The Morgan fingerprint density at radius 3 is 1.67 bits per heavy atom. The number of ether oxygens (including phenoxy) is 2. The van der Waals surface area contributed by atoms with Gasteiger partial charge < -0.3 is 29.9 Å². The molecule has 2 saturated heterocycles. The Morgan fingerprint density at radius 2 is 1.26 bits per heavy atom. The van der Waals surface area contributed by atoms with Gasteiger partial charge in [0.05, 0.1) is 42.5 Å². The molecular weight excluding hydrogens is 717 g/mol. The third-order valence-electron chi connectivity index (χ3n) is 10.3. The number of thiazole rings is 2. The summed E-state index contributed by atoms with van der Waals surface area (Å²) in [5.41, 5.74) is 10.2. The first kappa shape index (κ1) is 41.3. The molecule has 2 aliphatic heterocycles. The molecule has 6 rings (SSSR count). The fraction of sp³-hybridized carbons (Fsp3) is 0.524. The molecule has 6 atom stereocenters. The second-order valence-electron chi connectivity index (χ2n) is 15.3. The zero-order valence-electron chi connectivity index (χ0n) is 32.8. The lowest BCUT2D eigenvalue weighted by Crippen LogP contribution is -2.41. The molecule has 2 fully saturated rings. The van der Waals surface area contributed by atoms with Gasteiger partial charge >= 0.3 is 12.2 Å². The number of amides is 2. The van der Waals surface area contributed by atoms with E-state index in [9.17, 15) is 9.59 Å². The van der Waals surface area contributed by atoms with Crippen molar-refractivity contribution >= 4 is 55.3 Å². The number of carbonyl (C=O) groups excluding carboxylic acids is 2. The van der Waals surface area contributed by atoms with E-state index in [1.54, 1.807) is 34.8 Å². The molecule has 0 spiro atoms. The van der Waals surface area contributed by atoms with Gasteiger partial charge in [0, 0.05) is 38.0 Å². The van der Waals surface area contributed by atoms with Gasteiger partial charge in [-0.15, -0.1) is 22.7 Å². The van der Waals surface area contributed by atoms with Crippen LogP contribution >= 0.6 is 22.7 Å². The number of aromatic nitrogens is 2. The normalized spacial score (nSPS) is 21.3. The van der Waals surface area contributed by atoms with Crippen LogP contribution in [0.4, 0.5) is 9.59 Å². The van der Waals surface area contributed by atoms with E-state index >= 15 is 0 Å². The minimum Gasteiger partial charge on any atom is -0.445 e. The van der Waals surface area contributed by atoms with Crippen LogP contribution in [0.25, 0.3) is 20.4 Å². The van der Waals surface area contributed by atoms with Gasteiger partial charge in [-0.3, -0.25) is 0 Å². The summed E-state index contributed by atoms with van der Waals surface area (Å²) in [5.74, 6) is 0.956. The number of fused-ring (bicyclic) bond motifs is 2. The zero-order valence-corrected chi connectivity index (χ0v) is 34.5. The van der Waals surface area contributed by atoms with E-state index in [1.807, 2.05) is 16.7 Å². The molecule has 54 heavy (non-hydrogen) atoms. The zero-order chi connectivity index (χ0) is 38.9. The molecule has 2 aliphatic rings. The van der Waals surface area contributed by atoms with E-state index < -0.39 is 0 Å². The summed E-state index contributed by atoms with van der Waals surface area (Å²) in [7, 11) is 4.19. The number of likely N-dealkylation sites (N-methyl/N-ethyl adjacent to an activating group) is 1. The summed E-state index contributed by atoms with van der Waals surface area (Å²) in [6.07, 6.45) is 8.51. The predicted octanol–water partition coefficient (Wildman–Crippen LogP) is 9.17. The van der Waals surface area contributed by atoms with Gasteiger partial charge in [-0.25, -0.2) is 19.6 Å². The molecule has 2 aromatic carbocycles. The number of hydrogen-bond donors (Lipinski definition) is 1. The standard InChI is InChI=1S/C22H31N3O2S.C20H27N3O2S/c1-6-11-27-22(26)25-14-15(2)7-9-19(25)17-8-10-20-18(13-17)23-21(28-20)12-16(3)24(4)5;1-4-9-25-20(24)23-12-13(2)5-7-17(23)15-6-8-18-16(11-15)22-19(26-18)10-14(3)21/h6,8,10,13,15-16,19H,1,7,9,11-12,14H2,2-5H3;4,6,8,11,13-14,17H,1,5,7,9-10,12,21H2,2-3H3/t15-,16-,19+;13-,14-,17+/m00/s1. The van der Waals surface area contributed by atoms with E-state index in [0.717, 1.165) is 81.9 Å². The first-order valence-electron chi connectivity index (χ1n) is 19.2. The maximum Gasteiger partial charge on any atom is 0.410 e. The molecule has 12 heteroatoms. The summed E-state index contributed by atoms with van der Waals surface area (Å²) in [6, 6.07) is 13.4. The summed E-state index contributed by atoms with van der Waals surface area (Å²) >= 11 is 3.46. The first-order valence-corrected chi connectivity index (χ1v) is 20.8.